The van der Waals surface area contributed by atoms with Crippen LogP contribution in [-0.2, 0) is 26.1 Å². The number of alkyl halides is 3. The van der Waals surface area contributed by atoms with Gasteiger partial charge in [-0.15, -0.1) is 0 Å². The number of imidazole rings is 1. The molecule has 0 N–H and O–H groups in total. The van der Waals surface area contributed by atoms with Crippen LogP contribution in [0.1, 0.15) is 47.1 Å². The van der Waals surface area contributed by atoms with Crippen molar-refractivity contribution in [1.82, 2.24) is 34.3 Å². The Labute approximate surface area is 222 Å². The van der Waals surface area contributed by atoms with E-state index in [-0.39, 0.29) is 0 Å². The summed E-state index contributed by atoms with van der Waals surface area (Å²) in [6.45, 7) is 1.61. The number of hydrogen-bond acceptors (Lipinski definition) is 6. The van der Waals surface area contributed by atoms with Crippen molar-refractivity contribution in [1.29, 1.82) is 0 Å². The van der Waals surface area contributed by atoms with Crippen molar-refractivity contribution < 1.29 is 17.9 Å². The van der Waals surface area contributed by atoms with E-state index in [1.54, 1.807) is 32.5 Å². The Balaban J connectivity index is 1.30. The van der Waals surface area contributed by atoms with E-state index in [0.717, 1.165) is 52.5 Å². The molecule has 11 heteroatoms. The number of rotatable bonds is 7. The lowest BCUT2D eigenvalue weighted by Crippen LogP contribution is -2.07. The van der Waals surface area contributed by atoms with Gasteiger partial charge in [-0.05, 0) is 62.4 Å². The van der Waals surface area contributed by atoms with Crippen molar-refractivity contribution in [2.45, 2.75) is 44.7 Å². The van der Waals surface area contributed by atoms with Gasteiger partial charge in [0.1, 0.15) is 17.5 Å². The molecule has 39 heavy (non-hydrogen) atoms. The molecule has 5 aromatic rings. The number of pyridine rings is 1. The second-order valence-corrected chi connectivity index (χ2v) is 9.85. The molecule has 4 heterocycles. The number of benzene rings is 1. The van der Waals surface area contributed by atoms with E-state index < -0.39 is 11.9 Å². The number of hydrogen-bond donors (Lipinski definition) is 0. The minimum atomic E-state index is -4.48. The van der Waals surface area contributed by atoms with E-state index in [1.165, 1.54) is 11.0 Å². The second kappa shape index (κ2) is 9.48. The molecule has 0 bridgehead atoms. The van der Waals surface area contributed by atoms with Gasteiger partial charge in [0, 0.05) is 24.4 Å². The molecule has 0 unspecified atom stereocenters. The first-order valence-electron chi connectivity index (χ1n) is 12.7. The lowest BCUT2D eigenvalue weighted by atomic mass is 10.0. The highest BCUT2D eigenvalue weighted by atomic mass is 19.4. The van der Waals surface area contributed by atoms with Gasteiger partial charge in [0.25, 0.3) is 0 Å². The summed E-state index contributed by atoms with van der Waals surface area (Å²) in [7, 11) is 3.55. The molecule has 4 aromatic heterocycles. The molecule has 0 radical (unpaired) electrons. The average molecular weight is 534 g/mol. The Hall–Kier alpha value is -4.28. The fourth-order valence-corrected chi connectivity index (χ4v) is 4.86. The van der Waals surface area contributed by atoms with Gasteiger partial charge in [0.05, 0.1) is 35.9 Å². The summed E-state index contributed by atoms with van der Waals surface area (Å²) < 4.78 is 48.1. The summed E-state index contributed by atoms with van der Waals surface area (Å²) in [6, 6.07) is 10.5. The summed E-state index contributed by atoms with van der Waals surface area (Å²) in [5.74, 6) is 0.854. The number of aromatic nitrogens is 7. The average Bonchev–Trinajstić information content (AvgIpc) is 3.60. The Morgan fingerprint density at radius 3 is 2.46 bits per heavy atom. The number of ether oxygens (including phenoxy) is 1. The molecule has 200 valence electrons. The first-order chi connectivity index (χ1) is 18.7. The number of halogens is 3. The van der Waals surface area contributed by atoms with Crippen molar-refractivity contribution in [3.05, 3.63) is 77.4 Å². The Morgan fingerprint density at radius 2 is 1.79 bits per heavy atom. The highest BCUT2D eigenvalue weighted by Gasteiger charge is 2.35. The summed E-state index contributed by atoms with van der Waals surface area (Å²) in [5, 5.41) is 3.74. The van der Waals surface area contributed by atoms with Gasteiger partial charge < -0.3 is 9.30 Å². The molecule has 1 aromatic carbocycles. The number of methoxy groups -OCH3 is 1. The molecule has 0 aliphatic heterocycles. The van der Waals surface area contributed by atoms with Crippen molar-refractivity contribution in [3.8, 4) is 22.8 Å². The highest BCUT2D eigenvalue weighted by Crippen LogP contribution is 2.46. The van der Waals surface area contributed by atoms with E-state index in [0.29, 0.717) is 41.7 Å². The third-order valence-electron chi connectivity index (χ3n) is 7.03. The Kier molecular flexibility index (Phi) is 6.08. The molecule has 1 saturated carbocycles. The lowest BCUT2D eigenvalue weighted by Gasteiger charge is -2.13. The molecular formula is C28H26F3N7O. The normalized spacial score (nSPS) is 13.8. The number of aryl methyl sites for hydroxylation is 4. The zero-order chi connectivity index (χ0) is 27.3. The minimum Gasteiger partial charge on any atom is -0.480 e. The first-order valence-corrected chi connectivity index (χ1v) is 12.7. The van der Waals surface area contributed by atoms with Crippen LogP contribution in [0.15, 0.2) is 49.1 Å². The Morgan fingerprint density at radius 1 is 1.03 bits per heavy atom. The van der Waals surface area contributed by atoms with Gasteiger partial charge in [-0.1, -0.05) is 12.1 Å². The van der Waals surface area contributed by atoms with E-state index in [9.17, 15) is 13.2 Å². The van der Waals surface area contributed by atoms with E-state index in [2.05, 4.69) is 20.1 Å². The van der Waals surface area contributed by atoms with Crippen LogP contribution in [0.25, 0.3) is 28.0 Å². The standard InChI is InChI=1S/C28H26F3N7O/c1-16-12-22(28(29,30)31)36-38(16)20-10-5-17(6-11-20)4-9-19-13-21-25(34-15-37(21)2)26(35-19)23-24(18-7-8-18)32-14-33-27(23)39-3/h5-6,10-15,18H,4,7-9H2,1-3H3. The molecule has 8 nitrogen and oxygen atoms in total. The van der Waals surface area contributed by atoms with Crippen LogP contribution >= 0.6 is 0 Å². The summed E-state index contributed by atoms with van der Waals surface area (Å²) in [6.07, 6.45) is 2.32. The first kappa shape index (κ1) is 25.0. The monoisotopic (exact) mass is 533 g/mol. The van der Waals surface area contributed by atoms with Gasteiger partial charge in [0.2, 0.25) is 5.88 Å². The SMILES string of the molecule is COc1ncnc(C2CC2)c1-c1nc(CCc2ccc(-n3nc(C(F)(F)F)cc3C)cc2)cc2c1ncn2C. The summed E-state index contributed by atoms with van der Waals surface area (Å²) >= 11 is 0. The highest BCUT2D eigenvalue weighted by molar-refractivity contribution is 5.92. The van der Waals surface area contributed by atoms with Gasteiger partial charge >= 0.3 is 6.18 Å². The van der Waals surface area contributed by atoms with E-state index >= 15 is 0 Å². The zero-order valence-electron chi connectivity index (χ0n) is 21.7. The van der Waals surface area contributed by atoms with Crippen LogP contribution in [0.3, 0.4) is 0 Å². The van der Waals surface area contributed by atoms with Crippen LogP contribution in [0, 0.1) is 6.92 Å². The van der Waals surface area contributed by atoms with Crippen molar-refractivity contribution >= 4 is 11.0 Å². The smallest absolute Gasteiger partial charge is 0.435 e. The molecule has 0 saturated heterocycles. The molecule has 0 atom stereocenters. The van der Waals surface area contributed by atoms with Crippen LogP contribution in [0.4, 0.5) is 13.2 Å². The predicted octanol–water partition coefficient (Wildman–Crippen LogP) is 5.61. The molecule has 1 aliphatic carbocycles. The zero-order valence-corrected chi connectivity index (χ0v) is 21.7. The molecule has 1 fully saturated rings. The molecule has 1 aliphatic rings. The maximum Gasteiger partial charge on any atom is 0.435 e. The minimum absolute atomic E-state index is 0.366. The van der Waals surface area contributed by atoms with Crippen molar-refractivity contribution in [2.75, 3.05) is 7.11 Å². The Bertz CT molecular complexity index is 1670. The quantitative estimate of drug-likeness (QED) is 0.271. The summed E-state index contributed by atoms with van der Waals surface area (Å²) in [4.78, 5) is 18.6. The van der Waals surface area contributed by atoms with Gasteiger partial charge in [0.15, 0.2) is 5.69 Å². The fraction of sp³-hybridized carbons (Fsp3) is 0.321. The van der Waals surface area contributed by atoms with Gasteiger partial charge in [-0.2, -0.15) is 18.3 Å². The molecular weight excluding hydrogens is 507 g/mol. The van der Waals surface area contributed by atoms with Crippen LogP contribution < -0.4 is 4.74 Å². The molecule has 0 spiro atoms. The largest absolute Gasteiger partial charge is 0.480 e. The predicted molar refractivity (Wildman–Crippen MR) is 139 cm³/mol. The van der Waals surface area contributed by atoms with Crippen LogP contribution in [0.5, 0.6) is 5.88 Å². The number of fused-ring (bicyclic) bond motifs is 1. The number of nitrogens with zero attached hydrogens (tertiary/aromatic N) is 7. The maximum absolute atomic E-state index is 13.1. The lowest BCUT2D eigenvalue weighted by molar-refractivity contribution is -0.141. The van der Waals surface area contributed by atoms with Gasteiger partial charge in [-0.25, -0.2) is 19.6 Å². The topological polar surface area (TPSA) is 83.5 Å². The maximum atomic E-state index is 13.1. The van der Waals surface area contributed by atoms with Crippen molar-refractivity contribution in [2.24, 2.45) is 7.05 Å². The van der Waals surface area contributed by atoms with E-state index in [4.69, 9.17) is 9.72 Å². The van der Waals surface area contributed by atoms with Crippen molar-refractivity contribution in [3.63, 3.8) is 0 Å². The van der Waals surface area contributed by atoms with Crippen LogP contribution in [0.2, 0.25) is 0 Å². The van der Waals surface area contributed by atoms with E-state index in [1.807, 2.05) is 29.8 Å². The third kappa shape index (κ3) is 4.73. The summed E-state index contributed by atoms with van der Waals surface area (Å²) in [5.41, 5.74) is 6.19. The molecule has 0 amide bonds. The van der Waals surface area contributed by atoms with Crippen LogP contribution in [-0.4, -0.2) is 41.4 Å². The second-order valence-electron chi connectivity index (χ2n) is 9.85. The fourth-order valence-electron chi connectivity index (χ4n) is 4.86. The molecule has 6 rings (SSSR count). The van der Waals surface area contributed by atoms with Gasteiger partial charge in [-0.3, -0.25) is 4.98 Å². The third-order valence-corrected chi connectivity index (χ3v) is 7.03.